The molecule has 4 nitrogen and oxygen atoms in total. The lowest BCUT2D eigenvalue weighted by molar-refractivity contribution is -0.143. The third-order valence-corrected chi connectivity index (χ3v) is 3.24. The van der Waals surface area contributed by atoms with E-state index in [1.54, 1.807) is 6.07 Å². The standard InChI is InChI=1S/C14H18ClNO3/c1-2-7-16-9-10-4-3-5-11(15)13(10)19-12-6-8-18-14(12)17/h3-5,12,16H,2,6-9H2,1H3. The Balaban J connectivity index is 2.10. The van der Waals surface area contributed by atoms with Crippen LogP contribution in [0.2, 0.25) is 5.02 Å². The first-order valence-corrected chi connectivity index (χ1v) is 6.91. The van der Waals surface area contributed by atoms with Gasteiger partial charge in [-0.25, -0.2) is 4.79 Å². The van der Waals surface area contributed by atoms with Crippen LogP contribution >= 0.6 is 11.6 Å². The minimum Gasteiger partial charge on any atom is -0.477 e. The number of carbonyl (C=O) groups excluding carboxylic acids is 1. The zero-order chi connectivity index (χ0) is 13.7. The molecule has 0 aliphatic carbocycles. The Labute approximate surface area is 118 Å². The second kappa shape index (κ2) is 6.78. The van der Waals surface area contributed by atoms with Gasteiger partial charge in [0, 0.05) is 18.5 Å². The number of esters is 1. The second-order valence-corrected chi connectivity index (χ2v) is 4.87. The van der Waals surface area contributed by atoms with Gasteiger partial charge in [0.05, 0.1) is 11.6 Å². The molecule has 1 aromatic rings. The van der Waals surface area contributed by atoms with Crippen LogP contribution in [0.25, 0.3) is 0 Å². The van der Waals surface area contributed by atoms with Crippen LogP contribution in [-0.4, -0.2) is 25.2 Å². The van der Waals surface area contributed by atoms with Crippen molar-refractivity contribution in [1.82, 2.24) is 5.32 Å². The summed E-state index contributed by atoms with van der Waals surface area (Å²) in [6.45, 7) is 4.12. The Morgan fingerprint density at radius 3 is 3.05 bits per heavy atom. The van der Waals surface area contributed by atoms with Crippen molar-refractivity contribution >= 4 is 17.6 Å². The van der Waals surface area contributed by atoms with Crippen molar-refractivity contribution in [2.24, 2.45) is 0 Å². The van der Waals surface area contributed by atoms with Crippen molar-refractivity contribution in [2.45, 2.75) is 32.4 Å². The van der Waals surface area contributed by atoms with Gasteiger partial charge in [-0.3, -0.25) is 0 Å². The molecule has 1 aromatic carbocycles. The maximum absolute atomic E-state index is 11.5. The molecule has 0 aromatic heterocycles. The van der Waals surface area contributed by atoms with Crippen LogP contribution < -0.4 is 10.1 Å². The Morgan fingerprint density at radius 2 is 2.37 bits per heavy atom. The molecule has 5 heteroatoms. The molecule has 1 saturated heterocycles. The van der Waals surface area contributed by atoms with Crippen LogP contribution in [0.3, 0.4) is 0 Å². The number of hydrogen-bond acceptors (Lipinski definition) is 4. The first-order chi connectivity index (χ1) is 9.22. The zero-order valence-corrected chi connectivity index (χ0v) is 11.7. The minimum atomic E-state index is -0.537. The van der Waals surface area contributed by atoms with Gasteiger partial charge in [-0.05, 0) is 19.0 Å². The summed E-state index contributed by atoms with van der Waals surface area (Å²) >= 11 is 6.16. The SMILES string of the molecule is CCCNCc1cccc(Cl)c1OC1CCOC1=O. The molecule has 1 N–H and O–H groups in total. The van der Waals surface area contributed by atoms with E-state index in [1.807, 2.05) is 12.1 Å². The molecule has 1 aliphatic heterocycles. The molecule has 0 saturated carbocycles. The molecule has 1 fully saturated rings. The van der Waals surface area contributed by atoms with Crippen LogP contribution in [0.1, 0.15) is 25.3 Å². The highest BCUT2D eigenvalue weighted by atomic mass is 35.5. The van der Waals surface area contributed by atoms with Gasteiger partial charge >= 0.3 is 5.97 Å². The van der Waals surface area contributed by atoms with Crippen LogP contribution in [-0.2, 0) is 16.1 Å². The molecule has 0 bridgehead atoms. The summed E-state index contributed by atoms with van der Waals surface area (Å²) in [5.74, 6) is 0.268. The van der Waals surface area contributed by atoms with Crippen molar-refractivity contribution < 1.29 is 14.3 Å². The second-order valence-electron chi connectivity index (χ2n) is 4.47. The number of ether oxygens (including phenoxy) is 2. The summed E-state index contributed by atoms with van der Waals surface area (Å²) in [5, 5.41) is 3.82. The number of rotatable bonds is 6. The van der Waals surface area contributed by atoms with Gasteiger partial charge in [-0.2, -0.15) is 0 Å². The quantitative estimate of drug-likeness (QED) is 0.644. The molecule has 1 atom stereocenters. The topological polar surface area (TPSA) is 47.6 Å². The Morgan fingerprint density at radius 1 is 1.53 bits per heavy atom. The number of halogens is 1. The molecule has 1 unspecified atom stereocenters. The normalized spacial score (nSPS) is 18.4. The summed E-state index contributed by atoms with van der Waals surface area (Å²) < 4.78 is 10.6. The first kappa shape index (κ1) is 14.2. The fourth-order valence-corrected chi connectivity index (χ4v) is 2.19. The van der Waals surface area contributed by atoms with Gasteiger partial charge in [-0.1, -0.05) is 30.7 Å². The van der Waals surface area contributed by atoms with E-state index in [1.165, 1.54) is 0 Å². The van der Waals surface area contributed by atoms with Crippen LogP contribution in [0.5, 0.6) is 5.75 Å². The molecule has 0 spiro atoms. The highest BCUT2D eigenvalue weighted by molar-refractivity contribution is 6.32. The van der Waals surface area contributed by atoms with Crippen LogP contribution in [0.4, 0.5) is 0 Å². The predicted octanol–water partition coefficient (Wildman–Crippen LogP) is 2.53. The van der Waals surface area contributed by atoms with Gasteiger partial charge in [0.1, 0.15) is 5.75 Å². The number of para-hydroxylation sites is 1. The van der Waals surface area contributed by atoms with E-state index in [0.717, 1.165) is 18.5 Å². The van der Waals surface area contributed by atoms with E-state index in [-0.39, 0.29) is 5.97 Å². The molecule has 19 heavy (non-hydrogen) atoms. The lowest BCUT2D eigenvalue weighted by Crippen LogP contribution is -2.23. The van der Waals surface area contributed by atoms with E-state index >= 15 is 0 Å². The molecule has 0 radical (unpaired) electrons. The van der Waals surface area contributed by atoms with Crippen molar-refractivity contribution in [3.05, 3.63) is 28.8 Å². The maximum atomic E-state index is 11.5. The number of hydrogen-bond donors (Lipinski definition) is 1. The van der Waals surface area contributed by atoms with E-state index in [0.29, 0.717) is 30.3 Å². The van der Waals surface area contributed by atoms with Crippen molar-refractivity contribution in [1.29, 1.82) is 0 Å². The number of cyclic esters (lactones) is 1. The third kappa shape index (κ3) is 3.61. The summed E-state index contributed by atoms with van der Waals surface area (Å²) in [5.41, 5.74) is 0.959. The molecule has 104 valence electrons. The fraction of sp³-hybridized carbons (Fsp3) is 0.500. The lowest BCUT2D eigenvalue weighted by Gasteiger charge is -2.16. The molecule has 1 heterocycles. The van der Waals surface area contributed by atoms with Gasteiger partial charge < -0.3 is 14.8 Å². The van der Waals surface area contributed by atoms with Gasteiger partial charge in [0.2, 0.25) is 0 Å². The Kier molecular flexibility index (Phi) is 5.05. The van der Waals surface area contributed by atoms with Gasteiger partial charge in [0.15, 0.2) is 6.10 Å². The highest BCUT2D eigenvalue weighted by Crippen LogP contribution is 2.31. The third-order valence-electron chi connectivity index (χ3n) is 2.94. The first-order valence-electron chi connectivity index (χ1n) is 6.53. The largest absolute Gasteiger partial charge is 0.477 e. The zero-order valence-electron chi connectivity index (χ0n) is 10.9. The van der Waals surface area contributed by atoms with Gasteiger partial charge in [-0.15, -0.1) is 0 Å². The van der Waals surface area contributed by atoms with Crippen LogP contribution in [0.15, 0.2) is 18.2 Å². The molecule has 1 aliphatic rings. The Bertz CT molecular complexity index is 450. The van der Waals surface area contributed by atoms with Crippen molar-refractivity contribution in [2.75, 3.05) is 13.2 Å². The number of carbonyl (C=O) groups is 1. The molecular formula is C14H18ClNO3. The van der Waals surface area contributed by atoms with E-state index < -0.39 is 6.10 Å². The minimum absolute atomic E-state index is 0.313. The average Bonchev–Trinajstić information content (AvgIpc) is 2.79. The molecule has 2 rings (SSSR count). The fourth-order valence-electron chi connectivity index (χ4n) is 1.95. The molecule has 0 amide bonds. The van der Waals surface area contributed by atoms with Crippen molar-refractivity contribution in [3.8, 4) is 5.75 Å². The summed E-state index contributed by atoms with van der Waals surface area (Å²) in [6, 6.07) is 5.59. The van der Waals surface area contributed by atoms with Crippen molar-refractivity contribution in [3.63, 3.8) is 0 Å². The monoisotopic (exact) mass is 283 g/mol. The maximum Gasteiger partial charge on any atom is 0.347 e. The lowest BCUT2D eigenvalue weighted by atomic mass is 10.2. The van der Waals surface area contributed by atoms with E-state index in [2.05, 4.69) is 12.2 Å². The van der Waals surface area contributed by atoms with E-state index in [4.69, 9.17) is 21.1 Å². The number of nitrogens with one attached hydrogen (secondary N) is 1. The summed E-state index contributed by atoms with van der Waals surface area (Å²) in [4.78, 5) is 11.5. The van der Waals surface area contributed by atoms with E-state index in [9.17, 15) is 4.79 Å². The number of benzene rings is 1. The van der Waals surface area contributed by atoms with Gasteiger partial charge in [0.25, 0.3) is 0 Å². The van der Waals surface area contributed by atoms with Crippen LogP contribution in [0, 0.1) is 0 Å². The smallest absolute Gasteiger partial charge is 0.347 e. The summed E-state index contributed by atoms with van der Waals surface area (Å²) in [7, 11) is 0. The summed E-state index contributed by atoms with van der Waals surface area (Å²) in [6.07, 6.45) is 1.10. The highest BCUT2D eigenvalue weighted by Gasteiger charge is 2.29. The molecular weight excluding hydrogens is 266 g/mol. The Hall–Kier alpha value is -1.26. The predicted molar refractivity (Wildman–Crippen MR) is 73.4 cm³/mol. The average molecular weight is 284 g/mol.